The van der Waals surface area contributed by atoms with Gasteiger partial charge in [-0.2, -0.15) is 0 Å². The SMILES string of the molecule is CC(OC(=O)c1ccco1)C(=O)O. The molecule has 70 valence electrons. The number of carboxylic acids is 1. The van der Waals surface area contributed by atoms with E-state index in [0.29, 0.717) is 0 Å². The molecule has 0 saturated heterocycles. The average molecular weight is 184 g/mol. The Balaban J connectivity index is 2.56. The molecule has 0 saturated carbocycles. The van der Waals surface area contributed by atoms with Gasteiger partial charge in [-0.3, -0.25) is 0 Å². The number of rotatable bonds is 3. The van der Waals surface area contributed by atoms with Crippen LogP contribution < -0.4 is 0 Å². The predicted octanol–water partition coefficient (Wildman–Crippen LogP) is 0.909. The van der Waals surface area contributed by atoms with Crippen molar-refractivity contribution in [1.29, 1.82) is 0 Å². The van der Waals surface area contributed by atoms with Crippen LogP contribution in [-0.2, 0) is 9.53 Å². The lowest BCUT2D eigenvalue weighted by atomic mass is 10.4. The molecule has 5 heteroatoms. The Hall–Kier alpha value is -1.78. The van der Waals surface area contributed by atoms with Crippen molar-refractivity contribution >= 4 is 11.9 Å². The highest BCUT2D eigenvalue weighted by Gasteiger charge is 2.18. The summed E-state index contributed by atoms with van der Waals surface area (Å²) in [5.74, 6) is -1.98. The summed E-state index contributed by atoms with van der Waals surface area (Å²) in [4.78, 5) is 21.3. The summed E-state index contributed by atoms with van der Waals surface area (Å²) in [5, 5.41) is 8.42. The summed E-state index contributed by atoms with van der Waals surface area (Å²) in [7, 11) is 0. The fraction of sp³-hybridized carbons (Fsp3) is 0.250. The first-order valence-corrected chi connectivity index (χ1v) is 3.58. The van der Waals surface area contributed by atoms with Crippen molar-refractivity contribution in [3.8, 4) is 0 Å². The topological polar surface area (TPSA) is 76.7 Å². The molecule has 0 aliphatic rings. The molecule has 5 nitrogen and oxygen atoms in total. The molecule has 13 heavy (non-hydrogen) atoms. The second-order valence-electron chi connectivity index (χ2n) is 2.36. The molecular weight excluding hydrogens is 176 g/mol. The summed E-state index contributed by atoms with van der Waals surface area (Å²) in [6.07, 6.45) is 0.139. The molecule has 0 aromatic carbocycles. The van der Waals surface area contributed by atoms with Crippen molar-refractivity contribution in [3.05, 3.63) is 24.2 Å². The molecule has 1 unspecified atom stereocenters. The third-order valence-corrected chi connectivity index (χ3v) is 1.35. The number of hydrogen-bond acceptors (Lipinski definition) is 4. The fourth-order valence-electron chi connectivity index (χ4n) is 0.664. The average Bonchev–Trinajstić information content (AvgIpc) is 2.55. The zero-order valence-electron chi connectivity index (χ0n) is 6.89. The highest BCUT2D eigenvalue weighted by Crippen LogP contribution is 2.04. The first kappa shape index (κ1) is 9.31. The number of carboxylic acid groups (broad SMARTS) is 1. The molecule has 1 atom stereocenters. The van der Waals surface area contributed by atoms with E-state index in [-0.39, 0.29) is 5.76 Å². The number of furan rings is 1. The van der Waals surface area contributed by atoms with Gasteiger partial charge < -0.3 is 14.3 Å². The highest BCUT2D eigenvalue weighted by atomic mass is 16.6. The molecule has 0 aliphatic heterocycles. The molecule has 0 fully saturated rings. The minimum atomic E-state index is -1.19. The summed E-state index contributed by atoms with van der Waals surface area (Å²) >= 11 is 0. The van der Waals surface area contributed by atoms with E-state index in [1.807, 2.05) is 0 Å². The molecule has 1 N–H and O–H groups in total. The lowest BCUT2D eigenvalue weighted by Gasteiger charge is -2.05. The molecule has 0 amide bonds. The van der Waals surface area contributed by atoms with E-state index in [1.54, 1.807) is 0 Å². The summed E-state index contributed by atoms with van der Waals surface area (Å²) < 4.78 is 9.23. The lowest BCUT2D eigenvalue weighted by Crippen LogP contribution is -2.23. The van der Waals surface area contributed by atoms with Crippen molar-refractivity contribution < 1.29 is 23.8 Å². The van der Waals surface area contributed by atoms with E-state index in [9.17, 15) is 9.59 Å². The van der Waals surface area contributed by atoms with Crippen LogP contribution in [0.2, 0.25) is 0 Å². The second kappa shape index (κ2) is 3.75. The van der Waals surface area contributed by atoms with Crippen molar-refractivity contribution in [3.63, 3.8) is 0 Å². The predicted molar refractivity (Wildman–Crippen MR) is 41.2 cm³/mol. The molecule has 0 aliphatic carbocycles. The van der Waals surface area contributed by atoms with Crippen LogP contribution in [-0.4, -0.2) is 23.1 Å². The number of ether oxygens (including phenoxy) is 1. The summed E-state index contributed by atoms with van der Waals surface area (Å²) in [6.45, 7) is 1.27. The van der Waals surface area contributed by atoms with Gasteiger partial charge in [-0.15, -0.1) is 0 Å². The smallest absolute Gasteiger partial charge is 0.375 e. The molecule has 1 aromatic heterocycles. The minimum absolute atomic E-state index is 0.00639. The molecule has 0 spiro atoms. The minimum Gasteiger partial charge on any atom is -0.479 e. The second-order valence-corrected chi connectivity index (χ2v) is 2.36. The fourth-order valence-corrected chi connectivity index (χ4v) is 0.664. The van der Waals surface area contributed by atoms with E-state index in [0.717, 1.165) is 0 Å². The lowest BCUT2D eigenvalue weighted by molar-refractivity contribution is -0.146. The van der Waals surface area contributed by atoms with Gasteiger partial charge in [0.25, 0.3) is 0 Å². The number of aliphatic carboxylic acids is 1. The third-order valence-electron chi connectivity index (χ3n) is 1.35. The van der Waals surface area contributed by atoms with Crippen LogP contribution in [0, 0.1) is 0 Å². The first-order valence-electron chi connectivity index (χ1n) is 3.58. The Labute approximate surface area is 73.9 Å². The number of carbonyl (C=O) groups excluding carboxylic acids is 1. The Morgan fingerprint density at radius 1 is 1.62 bits per heavy atom. The normalized spacial score (nSPS) is 12.1. The van der Waals surface area contributed by atoms with Crippen LogP contribution in [0.1, 0.15) is 17.5 Å². The van der Waals surface area contributed by atoms with Crippen molar-refractivity contribution in [2.24, 2.45) is 0 Å². The van der Waals surface area contributed by atoms with Crippen LogP contribution in [0.5, 0.6) is 0 Å². The van der Waals surface area contributed by atoms with E-state index >= 15 is 0 Å². The van der Waals surface area contributed by atoms with Gasteiger partial charge in [0.15, 0.2) is 6.10 Å². The molecule has 1 aromatic rings. The van der Waals surface area contributed by atoms with Gasteiger partial charge in [0.05, 0.1) is 6.26 Å². The first-order chi connectivity index (χ1) is 6.11. The zero-order valence-corrected chi connectivity index (χ0v) is 6.89. The summed E-state index contributed by atoms with van der Waals surface area (Å²) in [5.41, 5.74) is 0. The molecule has 1 heterocycles. The number of carbonyl (C=O) groups is 2. The largest absolute Gasteiger partial charge is 0.479 e. The van der Waals surface area contributed by atoms with E-state index in [2.05, 4.69) is 4.74 Å². The van der Waals surface area contributed by atoms with Crippen molar-refractivity contribution in [2.45, 2.75) is 13.0 Å². The van der Waals surface area contributed by atoms with E-state index in [4.69, 9.17) is 9.52 Å². The molecule has 0 bridgehead atoms. The van der Waals surface area contributed by atoms with E-state index < -0.39 is 18.0 Å². The maximum Gasteiger partial charge on any atom is 0.375 e. The van der Waals surface area contributed by atoms with Gasteiger partial charge in [0, 0.05) is 0 Å². The van der Waals surface area contributed by atoms with Gasteiger partial charge in [0.1, 0.15) is 0 Å². The Morgan fingerprint density at radius 2 is 2.31 bits per heavy atom. The third kappa shape index (κ3) is 2.33. The van der Waals surface area contributed by atoms with Gasteiger partial charge >= 0.3 is 11.9 Å². The van der Waals surface area contributed by atoms with Crippen LogP contribution >= 0.6 is 0 Å². The van der Waals surface area contributed by atoms with Gasteiger partial charge in [-0.05, 0) is 19.1 Å². The van der Waals surface area contributed by atoms with E-state index in [1.165, 1.54) is 25.3 Å². The molecule has 1 rings (SSSR count). The maximum atomic E-state index is 11.0. The van der Waals surface area contributed by atoms with Gasteiger partial charge in [0.2, 0.25) is 5.76 Å². The molecule has 0 radical (unpaired) electrons. The van der Waals surface area contributed by atoms with Crippen LogP contribution in [0.4, 0.5) is 0 Å². The van der Waals surface area contributed by atoms with Gasteiger partial charge in [-0.1, -0.05) is 0 Å². The van der Waals surface area contributed by atoms with Crippen LogP contribution in [0.15, 0.2) is 22.8 Å². The van der Waals surface area contributed by atoms with Gasteiger partial charge in [-0.25, -0.2) is 9.59 Å². The highest BCUT2D eigenvalue weighted by molar-refractivity contribution is 5.88. The quantitative estimate of drug-likeness (QED) is 0.706. The monoisotopic (exact) mass is 184 g/mol. The summed E-state index contributed by atoms with van der Waals surface area (Å²) in [6, 6.07) is 2.92. The Bertz CT molecular complexity index is 300. The van der Waals surface area contributed by atoms with Crippen LogP contribution in [0.3, 0.4) is 0 Å². The number of hydrogen-bond donors (Lipinski definition) is 1. The Morgan fingerprint density at radius 3 is 2.77 bits per heavy atom. The van der Waals surface area contributed by atoms with Crippen molar-refractivity contribution in [2.75, 3.05) is 0 Å². The van der Waals surface area contributed by atoms with Crippen molar-refractivity contribution in [1.82, 2.24) is 0 Å². The van der Waals surface area contributed by atoms with Crippen LogP contribution in [0.25, 0.3) is 0 Å². The Kier molecular flexibility index (Phi) is 2.69. The standard InChI is InChI=1S/C8H8O5/c1-5(7(9)10)13-8(11)6-3-2-4-12-6/h2-5H,1H3,(H,9,10). The maximum absolute atomic E-state index is 11.0. The zero-order chi connectivity index (χ0) is 9.84. The molecular formula is C8H8O5. The number of esters is 1.